The fourth-order valence-electron chi connectivity index (χ4n) is 4.05. The van der Waals surface area contributed by atoms with Crippen molar-refractivity contribution in [1.82, 2.24) is 0 Å². The van der Waals surface area contributed by atoms with Gasteiger partial charge in [0.15, 0.2) is 12.2 Å². The highest BCUT2D eigenvalue weighted by Crippen LogP contribution is 2.35. The van der Waals surface area contributed by atoms with Gasteiger partial charge in [-0.1, -0.05) is 12.1 Å². The summed E-state index contributed by atoms with van der Waals surface area (Å²) >= 11 is 0. The lowest BCUT2D eigenvalue weighted by Crippen LogP contribution is -2.63. The predicted molar refractivity (Wildman–Crippen MR) is 137 cm³/mol. The van der Waals surface area contributed by atoms with E-state index in [-0.39, 0.29) is 22.9 Å². The Labute approximate surface area is 234 Å². The molecule has 0 spiro atoms. The van der Waals surface area contributed by atoms with Crippen LogP contribution in [-0.2, 0) is 42.9 Å². The smallest absolute Gasteiger partial charge is 0.311 e. The zero-order valence-corrected chi connectivity index (χ0v) is 22.9. The Hall–Kier alpha value is -4.72. The van der Waals surface area contributed by atoms with Crippen molar-refractivity contribution in [2.75, 3.05) is 6.61 Å². The molecule has 0 radical (unpaired) electrons. The van der Waals surface area contributed by atoms with Gasteiger partial charge in [-0.3, -0.25) is 29.3 Å². The summed E-state index contributed by atoms with van der Waals surface area (Å²) in [6.07, 6.45) is -6.71. The zero-order valence-electron chi connectivity index (χ0n) is 22.9. The van der Waals surface area contributed by atoms with Crippen molar-refractivity contribution in [2.45, 2.75) is 65.3 Å². The third-order valence-electron chi connectivity index (χ3n) is 5.63. The van der Waals surface area contributed by atoms with Gasteiger partial charge in [0.2, 0.25) is 18.1 Å². The van der Waals surface area contributed by atoms with E-state index in [9.17, 15) is 29.3 Å². The van der Waals surface area contributed by atoms with Gasteiger partial charge in [-0.2, -0.15) is 0 Å². The molecule has 1 aliphatic rings. The molecule has 0 aromatic heterocycles. The summed E-state index contributed by atoms with van der Waals surface area (Å²) in [5, 5.41) is 11.3. The number of esters is 4. The number of carbonyl (C=O) groups excluding carboxylic acids is 4. The van der Waals surface area contributed by atoms with E-state index in [4.69, 9.17) is 33.2 Å². The number of ether oxygens (including phenoxy) is 7. The molecule has 220 valence electrons. The van der Waals surface area contributed by atoms with Crippen LogP contribution in [0.25, 0.3) is 0 Å². The SMILES string of the molecule is CC(=O)OCC1OC(Oc2ccc(Oc3ccccc3[N+](=O)[O-])cc2C)C(OC(C)=O)C(OC(C)=O)C1OC(C)=O. The highest BCUT2D eigenvalue weighted by atomic mass is 16.7. The maximum Gasteiger partial charge on any atom is 0.311 e. The standard InChI is InChI=1S/C27H29NO13/c1-14-12-19(39-22-9-7-6-8-20(22)28(33)34)10-11-21(14)40-27-26(38-18(5)32)25(37-17(4)31)24(36-16(3)30)23(41-27)13-35-15(2)29/h6-12,23-27H,13H2,1-5H3. The molecule has 1 fully saturated rings. The van der Waals surface area contributed by atoms with E-state index in [0.717, 1.165) is 20.8 Å². The third kappa shape index (κ3) is 8.38. The summed E-state index contributed by atoms with van der Waals surface area (Å²) in [5.41, 5.74) is 0.275. The first-order valence-corrected chi connectivity index (χ1v) is 12.3. The van der Waals surface area contributed by atoms with Crippen LogP contribution in [0.2, 0.25) is 0 Å². The van der Waals surface area contributed by atoms with Crippen molar-refractivity contribution >= 4 is 29.6 Å². The summed E-state index contributed by atoms with van der Waals surface area (Å²) in [7, 11) is 0. The molecule has 5 unspecified atom stereocenters. The molecule has 0 saturated carbocycles. The molecule has 2 aromatic rings. The van der Waals surface area contributed by atoms with E-state index in [2.05, 4.69) is 0 Å². The van der Waals surface area contributed by atoms with E-state index in [1.807, 2.05) is 0 Å². The number of nitro groups is 1. The molecule has 0 N–H and O–H groups in total. The van der Waals surface area contributed by atoms with Gasteiger partial charge in [0.05, 0.1) is 4.92 Å². The minimum absolute atomic E-state index is 0.0326. The Morgan fingerprint density at radius 2 is 1.44 bits per heavy atom. The fraction of sp³-hybridized carbons (Fsp3) is 0.407. The first kappa shape index (κ1) is 30.8. The van der Waals surface area contributed by atoms with Crippen LogP contribution in [-0.4, -0.2) is 66.1 Å². The average molecular weight is 576 g/mol. The summed E-state index contributed by atoms with van der Waals surface area (Å²) < 4.78 is 38.9. The molecule has 1 aliphatic heterocycles. The number of aryl methyl sites for hydroxylation is 1. The van der Waals surface area contributed by atoms with Crippen LogP contribution in [0.3, 0.4) is 0 Å². The second-order valence-corrected chi connectivity index (χ2v) is 8.94. The minimum atomic E-state index is -1.42. The van der Waals surface area contributed by atoms with Crippen molar-refractivity contribution < 1.29 is 57.3 Å². The molecule has 14 nitrogen and oxygen atoms in total. The summed E-state index contributed by atoms with van der Waals surface area (Å²) in [5.74, 6) is -2.42. The van der Waals surface area contributed by atoms with Gasteiger partial charge >= 0.3 is 29.6 Å². The number of hydrogen-bond donors (Lipinski definition) is 0. The van der Waals surface area contributed by atoms with E-state index in [0.29, 0.717) is 5.56 Å². The van der Waals surface area contributed by atoms with Crippen molar-refractivity contribution in [3.63, 3.8) is 0 Å². The van der Waals surface area contributed by atoms with Gasteiger partial charge in [0.25, 0.3) is 0 Å². The Morgan fingerprint density at radius 3 is 2.02 bits per heavy atom. The minimum Gasteiger partial charge on any atom is -0.463 e. The molecule has 1 heterocycles. The van der Waals surface area contributed by atoms with Crippen molar-refractivity contribution in [1.29, 1.82) is 0 Å². The van der Waals surface area contributed by atoms with Crippen LogP contribution in [0.5, 0.6) is 17.2 Å². The molecule has 5 atom stereocenters. The van der Waals surface area contributed by atoms with Crippen LogP contribution in [0.1, 0.15) is 33.3 Å². The van der Waals surface area contributed by atoms with Crippen LogP contribution in [0.15, 0.2) is 42.5 Å². The number of benzene rings is 2. The molecule has 0 aliphatic carbocycles. The maximum absolute atomic E-state index is 12.0. The molecule has 41 heavy (non-hydrogen) atoms. The van der Waals surface area contributed by atoms with Crippen LogP contribution >= 0.6 is 0 Å². The molecule has 2 aromatic carbocycles. The Bertz CT molecular complexity index is 1310. The average Bonchev–Trinajstić information content (AvgIpc) is 2.87. The van der Waals surface area contributed by atoms with Crippen molar-refractivity contribution in [2.24, 2.45) is 0 Å². The lowest BCUT2D eigenvalue weighted by Gasteiger charge is -2.44. The van der Waals surface area contributed by atoms with E-state index in [1.165, 1.54) is 37.3 Å². The second kappa shape index (κ2) is 13.6. The van der Waals surface area contributed by atoms with Crippen molar-refractivity contribution in [3.8, 4) is 17.2 Å². The summed E-state index contributed by atoms with van der Waals surface area (Å²) in [4.78, 5) is 58.1. The first-order valence-electron chi connectivity index (χ1n) is 12.3. The van der Waals surface area contributed by atoms with Crippen molar-refractivity contribution in [3.05, 3.63) is 58.1 Å². The normalized spacial score (nSPS) is 21.6. The van der Waals surface area contributed by atoms with Gasteiger partial charge < -0.3 is 33.2 Å². The highest BCUT2D eigenvalue weighted by Gasteiger charge is 2.53. The Balaban J connectivity index is 1.94. The molecule has 0 bridgehead atoms. The number of nitro benzene ring substituents is 1. The number of nitrogens with zero attached hydrogens (tertiary/aromatic N) is 1. The lowest BCUT2D eigenvalue weighted by atomic mass is 9.98. The Morgan fingerprint density at radius 1 is 0.829 bits per heavy atom. The molecule has 0 amide bonds. The van der Waals surface area contributed by atoms with Crippen LogP contribution in [0.4, 0.5) is 5.69 Å². The van der Waals surface area contributed by atoms with Crippen LogP contribution in [0, 0.1) is 17.0 Å². The topological polar surface area (TPSA) is 176 Å². The number of para-hydroxylation sites is 2. The molecule has 3 rings (SSSR count). The highest BCUT2D eigenvalue weighted by molar-refractivity contribution is 5.68. The van der Waals surface area contributed by atoms with E-state index < -0.39 is 66.1 Å². The maximum atomic E-state index is 12.0. The van der Waals surface area contributed by atoms with Gasteiger partial charge in [0.1, 0.15) is 24.2 Å². The first-order chi connectivity index (χ1) is 19.3. The van der Waals surface area contributed by atoms with Gasteiger partial charge in [-0.15, -0.1) is 0 Å². The van der Waals surface area contributed by atoms with Gasteiger partial charge in [-0.05, 0) is 36.8 Å². The monoisotopic (exact) mass is 575 g/mol. The number of carbonyl (C=O) groups is 4. The van der Waals surface area contributed by atoms with Gasteiger partial charge in [-0.25, -0.2) is 0 Å². The number of hydrogen-bond acceptors (Lipinski definition) is 13. The predicted octanol–water partition coefficient (Wildman–Crippen LogP) is 3.16. The quantitative estimate of drug-likeness (QED) is 0.175. The second-order valence-electron chi connectivity index (χ2n) is 8.94. The molecule has 1 saturated heterocycles. The van der Waals surface area contributed by atoms with E-state index in [1.54, 1.807) is 19.1 Å². The summed E-state index contributed by atoms with van der Waals surface area (Å²) in [6.45, 7) is 5.77. The third-order valence-corrected chi connectivity index (χ3v) is 5.63. The largest absolute Gasteiger partial charge is 0.463 e. The fourth-order valence-corrected chi connectivity index (χ4v) is 4.05. The molecule has 14 heteroatoms. The molecular weight excluding hydrogens is 546 g/mol. The van der Waals surface area contributed by atoms with Crippen LogP contribution < -0.4 is 9.47 Å². The zero-order chi connectivity index (χ0) is 30.3. The lowest BCUT2D eigenvalue weighted by molar-refractivity contribution is -0.385. The summed E-state index contributed by atoms with van der Waals surface area (Å²) in [6, 6.07) is 10.4. The number of rotatable bonds is 10. The molecular formula is C27H29NO13. The Kier molecular flexibility index (Phi) is 10.2. The van der Waals surface area contributed by atoms with Gasteiger partial charge in [0, 0.05) is 33.8 Å². The van der Waals surface area contributed by atoms with E-state index >= 15 is 0 Å².